The van der Waals surface area contributed by atoms with Gasteiger partial charge in [-0.3, -0.25) is 4.99 Å². The molecule has 0 fully saturated rings. The maximum Gasteiger partial charge on any atom is 0.130 e. The van der Waals surface area contributed by atoms with Crippen molar-refractivity contribution in [3.05, 3.63) is 12.3 Å². The van der Waals surface area contributed by atoms with Gasteiger partial charge in [0.05, 0.1) is 0 Å². The van der Waals surface area contributed by atoms with E-state index in [1.165, 1.54) is 0 Å². The molecular weight excluding hydrogens is 114 g/mol. The average molecular weight is 123 g/mol. The Morgan fingerprint density at radius 2 is 2.56 bits per heavy atom. The number of aldehydes is 1. The highest BCUT2D eigenvalue weighted by molar-refractivity contribution is 5.72. The fourth-order valence-corrected chi connectivity index (χ4v) is 0.679. The molecule has 1 atom stereocenters. The lowest BCUT2D eigenvalue weighted by Crippen LogP contribution is -2.16. The quantitative estimate of drug-likeness (QED) is 0.481. The van der Waals surface area contributed by atoms with Gasteiger partial charge in [-0.05, 0) is 13.3 Å². The first kappa shape index (κ1) is 6.20. The van der Waals surface area contributed by atoms with Gasteiger partial charge in [-0.15, -0.1) is 0 Å². The van der Waals surface area contributed by atoms with Crippen molar-refractivity contribution in [3.8, 4) is 0 Å². The van der Waals surface area contributed by atoms with Crippen molar-refractivity contribution in [2.75, 3.05) is 0 Å². The lowest BCUT2D eigenvalue weighted by Gasteiger charge is -2.16. The molecule has 9 heavy (non-hydrogen) atoms. The maximum atomic E-state index is 10.4. The number of rotatable bonds is 1. The van der Waals surface area contributed by atoms with Crippen LogP contribution in [0.2, 0.25) is 0 Å². The molecule has 1 rings (SSSR count). The predicted molar refractivity (Wildman–Crippen MR) is 36.4 cm³/mol. The van der Waals surface area contributed by atoms with Gasteiger partial charge >= 0.3 is 0 Å². The van der Waals surface area contributed by atoms with Crippen LogP contribution in [0, 0.1) is 5.41 Å². The Hall–Kier alpha value is -0.920. The molecule has 1 aliphatic heterocycles. The van der Waals surface area contributed by atoms with Crippen molar-refractivity contribution < 1.29 is 4.79 Å². The van der Waals surface area contributed by atoms with Crippen molar-refractivity contribution in [2.45, 2.75) is 13.3 Å². The van der Waals surface area contributed by atoms with Crippen molar-refractivity contribution in [1.82, 2.24) is 0 Å². The van der Waals surface area contributed by atoms with Crippen LogP contribution in [0.15, 0.2) is 17.3 Å². The van der Waals surface area contributed by atoms with E-state index < -0.39 is 0 Å². The topological polar surface area (TPSA) is 29.4 Å². The SMILES string of the molecule is CC1(C=O)C=CN=CC1. The zero-order valence-electron chi connectivity index (χ0n) is 5.37. The fraction of sp³-hybridized carbons (Fsp3) is 0.429. The summed E-state index contributed by atoms with van der Waals surface area (Å²) >= 11 is 0. The number of aliphatic imine (C=N–C) groups is 1. The predicted octanol–water partition coefficient (Wildman–Crippen LogP) is 1.18. The number of allylic oxidation sites excluding steroid dienone is 1. The van der Waals surface area contributed by atoms with Crippen LogP contribution in [0.5, 0.6) is 0 Å². The summed E-state index contributed by atoms with van der Waals surface area (Å²) in [4.78, 5) is 14.2. The zero-order chi connectivity index (χ0) is 6.74. The second kappa shape index (κ2) is 2.13. The smallest absolute Gasteiger partial charge is 0.130 e. The summed E-state index contributed by atoms with van der Waals surface area (Å²) in [7, 11) is 0. The van der Waals surface area contributed by atoms with Crippen LogP contribution in [0.4, 0.5) is 0 Å². The van der Waals surface area contributed by atoms with Crippen LogP contribution in [0.25, 0.3) is 0 Å². The van der Waals surface area contributed by atoms with Crippen LogP contribution in [-0.4, -0.2) is 12.5 Å². The van der Waals surface area contributed by atoms with Crippen molar-refractivity contribution >= 4 is 12.5 Å². The summed E-state index contributed by atoms with van der Waals surface area (Å²) in [5, 5.41) is 0. The third kappa shape index (κ3) is 1.25. The number of carbonyl (C=O) groups excluding carboxylic acids is 1. The van der Waals surface area contributed by atoms with Gasteiger partial charge < -0.3 is 4.79 Å². The second-order valence-electron chi connectivity index (χ2n) is 2.48. The Morgan fingerprint density at radius 1 is 1.78 bits per heavy atom. The van der Waals surface area contributed by atoms with E-state index in [2.05, 4.69) is 4.99 Å². The summed E-state index contributed by atoms with van der Waals surface area (Å²) in [6.45, 7) is 1.89. The highest BCUT2D eigenvalue weighted by Crippen LogP contribution is 2.20. The first-order chi connectivity index (χ1) is 4.27. The minimum atomic E-state index is -0.290. The number of nitrogens with zero attached hydrogens (tertiary/aromatic N) is 1. The van der Waals surface area contributed by atoms with Crippen LogP contribution in [0.3, 0.4) is 0 Å². The lowest BCUT2D eigenvalue weighted by molar-refractivity contribution is -0.113. The third-order valence-corrected chi connectivity index (χ3v) is 1.45. The molecule has 2 nitrogen and oxygen atoms in total. The zero-order valence-corrected chi connectivity index (χ0v) is 5.37. The molecule has 0 saturated carbocycles. The van der Waals surface area contributed by atoms with E-state index in [9.17, 15) is 4.79 Å². The molecule has 0 aliphatic carbocycles. The molecule has 0 bridgehead atoms. The van der Waals surface area contributed by atoms with Crippen LogP contribution in [-0.2, 0) is 4.79 Å². The summed E-state index contributed by atoms with van der Waals surface area (Å²) in [5.41, 5.74) is -0.290. The lowest BCUT2D eigenvalue weighted by atomic mass is 9.88. The van der Waals surface area contributed by atoms with Crippen molar-refractivity contribution in [1.29, 1.82) is 0 Å². The Kier molecular flexibility index (Phi) is 1.47. The van der Waals surface area contributed by atoms with Gasteiger partial charge in [0.15, 0.2) is 0 Å². The molecule has 0 amide bonds. The molecule has 1 aliphatic rings. The molecule has 0 radical (unpaired) electrons. The largest absolute Gasteiger partial charge is 0.302 e. The van der Waals surface area contributed by atoms with Crippen LogP contribution >= 0.6 is 0 Å². The van der Waals surface area contributed by atoms with Gasteiger partial charge in [0.25, 0.3) is 0 Å². The third-order valence-electron chi connectivity index (χ3n) is 1.45. The minimum absolute atomic E-state index is 0.290. The van der Waals surface area contributed by atoms with E-state index in [1.54, 1.807) is 12.4 Å². The van der Waals surface area contributed by atoms with E-state index in [1.807, 2.05) is 13.0 Å². The molecule has 0 aromatic rings. The fourth-order valence-electron chi connectivity index (χ4n) is 0.679. The molecule has 1 unspecified atom stereocenters. The Morgan fingerprint density at radius 3 is 2.89 bits per heavy atom. The summed E-state index contributed by atoms with van der Waals surface area (Å²) in [6.07, 6.45) is 6.92. The van der Waals surface area contributed by atoms with Gasteiger partial charge in [0, 0.05) is 17.8 Å². The first-order valence-corrected chi connectivity index (χ1v) is 2.92. The highest BCUT2D eigenvalue weighted by Gasteiger charge is 2.19. The number of hydrogen-bond acceptors (Lipinski definition) is 2. The molecule has 0 aromatic carbocycles. The van der Waals surface area contributed by atoms with E-state index in [-0.39, 0.29) is 5.41 Å². The standard InChI is InChI=1S/C7H9NO/c1-7(6-9)2-4-8-5-3-7/h2,4-6H,3H2,1H3. The number of carbonyl (C=O) groups is 1. The second-order valence-corrected chi connectivity index (χ2v) is 2.48. The van der Waals surface area contributed by atoms with E-state index in [0.29, 0.717) is 0 Å². The van der Waals surface area contributed by atoms with Gasteiger partial charge in [-0.1, -0.05) is 6.08 Å². The maximum absolute atomic E-state index is 10.4. The van der Waals surface area contributed by atoms with Gasteiger partial charge in [0.1, 0.15) is 6.29 Å². The summed E-state index contributed by atoms with van der Waals surface area (Å²) in [5.74, 6) is 0. The van der Waals surface area contributed by atoms with Crippen LogP contribution < -0.4 is 0 Å². The van der Waals surface area contributed by atoms with Crippen molar-refractivity contribution in [2.24, 2.45) is 10.4 Å². The molecule has 0 spiro atoms. The molecule has 1 heterocycles. The average Bonchev–Trinajstić information content (AvgIpc) is 1.90. The van der Waals surface area contributed by atoms with E-state index in [4.69, 9.17) is 0 Å². The molecule has 2 heteroatoms. The minimum Gasteiger partial charge on any atom is -0.302 e. The molecular formula is C7H9NO. The van der Waals surface area contributed by atoms with E-state index >= 15 is 0 Å². The molecule has 0 N–H and O–H groups in total. The Bertz CT molecular complexity index is 172. The summed E-state index contributed by atoms with van der Waals surface area (Å²) in [6, 6.07) is 0. The molecule has 0 aromatic heterocycles. The normalized spacial score (nSPS) is 32.6. The highest BCUT2D eigenvalue weighted by atomic mass is 16.1. The monoisotopic (exact) mass is 123 g/mol. The van der Waals surface area contributed by atoms with Gasteiger partial charge in [-0.2, -0.15) is 0 Å². The summed E-state index contributed by atoms with van der Waals surface area (Å²) < 4.78 is 0. The van der Waals surface area contributed by atoms with Gasteiger partial charge in [0.2, 0.25) is 0 Å². The Labute approximate surface area is 54.3 Å². The first-order valence-electron chi connectivity index (χ1n) is 2.92. The van der Waals surface area contributed by atoms with E-state index in [0.717, 1.165) is 12.7 Å². The Balaban J connectivity index is 2.73. The van der Waals surface area contributed by atoms with Gasteiger partial charge in [-0.25, -0.2) is 0 Å². The van der Waals surface area contributed by atoms with Crippen molar-refractivity contribution in [3.63, 3.8) is 0 Å². The number of hydrogen-bond donors (Lipinski definition) is 0. The molecule has 48 valence electrons. The van der Waals surface area contributed by atoms with Crippen LogP contribution in [0.1, 0.15) is 13.3 Å². The molecule has 0 saturated heterocycles.